The van der Waals surface area contributed by atoms with Gasteiger partial charge < -0.3 is 29.4 Å². The summed E-state index contributed by atoms with van der Waals surface area (Å²) in [5, 5.41) is 26.3. The van der Waals surface area contributed by atoms with Crippen molar-refractivity contribution in [1.29, 1.82) is 0 Å². The van der Waals surface area contributed by atoms with Crippen LogP contribution < -0.4 is 5.32 Å². The van der Waals surface area contributed by atoms with Crippen molar-refractivity contribution in [3.8, 4) is 12.8 Å². The molecular weight excluding hydrogens is 454 g/mol. The van der Waals surface area contributed by atoms with E-state index in [0.29, 0.717) is 13.0 Å². The smallest absolute Gasteiger partial charge is 0.252 e. The van der Waals surface area contributed by atoms with E-state index in [9.17, 15) is 9.90 Å². The predicted octanol–water partition coefficient (Wildman–Crippen LogP) is 4.57. The molecule has 0 aliphatic carbocycles. The number of nitrogens with zero attached hydrogens (tertiary/aromatic N) is 2. The molecule has 8 rings (SSSR count). The highest BCUT2D eigenvalue weighted by Gasteiger charge is 2.44. The summed E-state index contributed by atoms with van der Waals surface area (Å²) in [5.74, 6) is -0.0120. The lowest BCUT2D eigenvalue weighted by molar-refractivity contribution is -0.0504. The van der Waals surface area contributed by atoms with Crippen molar-refractivity contribution in [2.75, 3.05) is 0 Å². The summed E-state index contributed by atoms with van der Waals surface area (Å²) in [6.07, 6.45) is 7.06. The maximum absolute atomic E-state index is 13.0. The Kier molecular flexibility index (Phi) is 5.09. The summed E-state index contributed by atoms with van der Waals surface area (Å²) in [6, 6.07) is 16.4. The Bertz CT molecular complexity index is 1710. The van der Waals surface area contributed by atoms with Gasteiger partial charge in [0, 0.05) is 40.6 Å². The molecule has 7 nitrogen and oxygen atoms in total. The number of amides is 1. The largest absolute Gasteiger partial charge is 0.394 e. The number of terminal acetylenes is 1. The molecule has 2 aromatic heterocycles. The van der Waals surface area contributed by atoms with E-state index in [4.69, 9.17) is 9.84 Å². The van der Waals surface area contributed by atoms with Gasteiger partial charge in [-0.05, 0) is 31.5 Å². The highest BCUT2D eigenvalue weighted by molar-refractivity contribution is 6.30. The second-order valence-electron chi connectivity index (χ2n) is 9.64. The van der Waals surface area contributed by atoms with Gasteiger partial charge >= 0.3 is 0 Å². The Morgan fingerprint density at radius 2 is 1.53 bits per heavy atom. The number of rotatable bonds is 0. The number of para-hydroxylation sites is 2. The molecule has 3 unspecified atom stereocenters. The maximum Gasteiger partial charge on any atom is 0.252 e. The van der Waals surface area contributed by atoms with E-state index < -0.39 is 12.3 Å². The number of aliphatic hydroxyl groups is 2. The lowest BCUT2D eigenvalue weighted by Crippen LogP contribution is -2.19. The average Bonchev–Trinajstić information content (AvgIpc) is 3.58. The van der Waals surface area contributed by atoms with Gasteiger partial charge in [0.2, 0.25) is 0 Å². The molecule has 182 valence electrons. The predicted molar refractivity (Wildman–Crippen MR) is 141 cm³/mol. The van der Waals surface area contributed by atoms with Crippen LogP contribution in [0, 0.1) is 12.8 Å². The van der Waals surface area contributed by atoms with E-state index in [1.54, 1.807) is 13.8 Å². The van der Waals surface area contributed by atoms with E-state index in [2.05, 4.69) is 51.6 Å². The van der Waals surface area contributed by atoms with E-state index in [1.807, 2.05) is 24.3 Å². The summed E-state index contributed by atoms with van der Waals surface area (Å²) in [7, 11) is 0. The van der Waals surface area contributed by atoms with Gasteiger partial charge in [-0.2, -0.15) is 0 Å². The molecule has 3 aromatic carbocycles. The number of carbonyl (C=O) groups is 1. The van der Waals surface area contributed by atoms with Crippen LogP contribution in [0.4, 0.5) is 0 Å². The Labute approximate surface area is 207 Å². The first-order valence-electron chi connectivity index (χ1n) is 12.1. The number of hydrogen-bond donors (Lipinski definition) is 3. The molecule has 5 aromatic rings. The normalized spacial score (nSPS) is 21.4. The number of aliphatic hydroxyl groups excluding tert-OH is 2. The van der Waals surface area contributed by atoms with Gasteiger partial charge in [0.15, 0.2) is 6.23 Å². The second-order valence-corrected chi connectivity index (χ2v) is 9.64. The molecule has 5 heterocycles. The fourth-order valence-corrected chi connectivity index (χ4v) is 6.10. The fraction of sp³-hybridized carbons (Fsp3) is 0.276. The summed E-state index contributed by atoms with van der Waals surface area (Å²) in [5.41, 5.74) is 6.01. The minimum atomic E-state index is -0.591. The van der Waals surface area contributed by atoms with Crippen LogP contribution in [0.15, 0.2) is 48.5 Å². The first-order chi connectivity index (χ1) is 17.5. The Hall–Kier alpha value is -3.83. The van der Waals surface area contributed by atoms with Gasteiger partial charge in [-0.3, -0.25) is 4.79 Å². The van der Waals surface area contributed by atoms with E-state index in [1.165, 1.54) is 0 Å². The van der Waals surface area contributed by atoms with Crippen molar-refractivity contribution >= 4 is 49.5 Å². The van der Waals surface area contributed by atoms with E-state index >= 15 is 0 Å². The van der Waals surface area contributed by atoms with Crippen LogP contribution >= 0.6 is 0 Å². The minimum absolute atomic E-state index is 0.0120. The fourth-order valence-electron chi connectivity index (χ4n) is 6.10. The quantitative estimate of drug-likeness (QED) is 0.283. The van der Waals surface area contributed by atoms with E-state index in [0.717, 1.165) is 54.7 Å². The molecule has 3 aliphatic rings. The molecule has 3 atom stereocenters. The van der Waals surface area contributed by atoms with Gasteiger partial charge in [0.05, 0.1) is 27.6 Å². The van der Waals surface area contributed by atoms with Crippen molar-refractivity contribution in [2.24, 2.45) is 0 Å². The summed E-state index contributed by atoms with van der Waals surface area (Å²) < 4.78 is 10.8. The van der Waals surface area contributed by atoms with Crippen molar-refractivity contribution in [3.05, 3.63) is 59.7 Å². The zero-order chi connectivity index (χ0) is 25.3. The lowest BCUT2D eigenvalue weighted by Gasteiger charge is -2.18. The Morgan fingerprint density at radius 1 is 0.972 bits per heavy atom. The molecule has 3 aliphatic heterocycles. The summed E-state index contributed by atoms with van der Waals surface area (Å²) in [6.45, 7) is 3.96. The maximum atomic E-state index is 13.0. The number of fused-ring (bicyclic) bond motifs is 13. The van der Waals surface area contributed by atoms with Crippen LogP contribution in [0.1, 0.15) is 48.6 Å². The molecule has 7 heteroatoms. The zero-order valence-corrected chi connectivity index (χ0v) is 20.1. The zero-order valence-electron chi connectivity index (χ0n) is 20.1. The van der Waals surface area contributed by atoms with Crippen LogP contribution in [-0.4, -0.2) is 37.5 Å². The number of ether oxygens (including phenoxy) is 1. The topological polar surface area (TPSA) is 88.7 Å². The molecule has 36 heavy (non-hydrogen) atoms. The van der Waals surface area contributed by atoms with Gasteiger partial charge in [-0.1, -0.05) is 36.4 Å². The molecule has 0 spiro atoms. The summed E-state index contributed by atoms with van der Waals surface area (Å²) >= 11 is 0. The molecule has 2 bridgehead atoms. The summed E-state index contributed by atoms with van der Waals surface area (Å²) in [4.78, 5) is 13.0. The monoisotopic (exact) mass is 481 g/mol. The molecule has 1 saturated heterocycles. The average molecular weight is 482 g/mol. The van der Waals surface area contributed by atoms with Crippen LogP contribution in [-0.2, 0) is 11.3 Å². The Morgan fingerprint density at radius 3 is 2.19 bits per heavy atom. The third kappa shape index (κ3) is 2.83. The van der Waals surface area contributed by atoms with E-state index in [-0.39, 0.29) is 18.2 Å². The van der Waals surface area contributed by atoms with Crippen molar-refractivity contribution in [3.63, 3.8) is 0 Å². The van der Waals surface area contributed by atoms with Crippen molar-refractivity contribution in [2.45, 2.75) is 51.5 Å². The lowest BCUT2D eigenvalue weighted by atomic mass is 9.97. The van der Waals surface area contributed by atoms with Gasteiger partial charge in [0.25, 0.3) is 5.91 Å². The minimum Gasteiger partial charge on any atom is -0.394 e. The highest BCUT2D eigenvalue weighted by atomic mass is 16.5. The second kappa shape index (κ2) is 8.10. The van der Waals surface area contributed by atoms with Crippen molar-refractivity contribution in [1.82, 2.24) is 14.5 Å². The van der Waals surface area contributed by atoms with Gasteiger partial charge in [0.1, 0.15) is 12.3 Å². The first-order valence-corrected chi connectivity index (χ1v) is 12.1. The third-order valence-corrected chi connectivity index (χ3v) is 7.16. The van der Waals surface area contributed by atoms with Crippen LogP contribution in [0.25, 0.3) is 43.6 Å². The molecule has 3 N–H and O–H groups in total. The third-order valence-electron chi connectivity index (χ3n) is 7.16. The molecule has 0 saturated carbocycles. The van der Waals surface area contributed by atoms with Crippen LogP contribution in [0.2, 0.25) is 0 Å². The molecular formula is C29H27N3O4. The van der Waals surface area contributed by atoms with Gasteiger partial charge in [-0.15, -0.1) is 12.8 Å². The number of benzene rings is 3. The molecule has 1 fully saturated rings. The number of carbonyl (C=O) groups excluding carboxylic acids is 1. The number of hydrogen-bond acceptors (Lipinski definition) is 4. The number of nitrogens with one attached hydrogen (secondary N) is 1. The molecule has 1 amide bonds. The van der Waals surface area contributed by atoms with Crippen LogP contribution in [0.3, 0.4) is 0 Å². The molecule has 0 radical (unpaired) electrons. The van der Waals surface area contributed by atoms with Crippen LogP contribution in [0.5, 0.6) is 0 Å². The van der Waals surface area contributed by atoms with Gasteiger partial charge in [-0.25, -0.2) is 0 Å². The number of aromatic nitrogens is 2. The highest BCUT2D eigenvalue weighted by Crippen LogP contribution is 2.52. The first kappa shape index (κ1) is 22.6. The standard InChI is InChI=1S/C24H17N3O3.C3H8O.C2H2/c28-16-9-17-26-14-7-3-2-6-12(14)19-20-13(10-25-23(20)29)18-11-5-1-4-8-15(11)27(24(16)30-17)21(18)22(19)26;1-3(2)4;1-2/h1-8,16-17,24,28H,9-10H2,(H,25,29);3-4H,1-2H3;1-2H. The van der Waals surface area contributed by atoms with Crippen molar-refractivity contribution < 1.29 is 19.7 Å². The SMILES string of the molecule is C#C.CC(C)O.O=C1NCc2c1c1c3ccccc3n3c1c1c2c2ccccc2n1C1OC3CC1O. The Balaban J connectivity index is 0.000000368.